The molecule has 1 heterocycles. The second kappa shape index (κ2) is 3.98. The summed E-state index contributed by atoms with van der Waals surface area (Å²) in [7, 11) is -3.40. The van der Waals surface area contributed by atoms with Gasteiger partial charge in [-0.3, -0.25) is 4.72 Å². The second-order valence-electron chi connectivity index (χ2n) is 4.09. The molecule has 84 valence electrons. The van der Waals surface area contributed by atoms with Gasteiger partial charge in [0.2, 0.25) is 10.0 Å². The first-order valence-electron chi connectivity index (χ1n) is 4.36. The Kier molecular flexibility index (Phi) is 3.25. The molecule has 0 atom stereocenters. The van der Waals surface area contributed by atoms with Gasteiger partial charge in [-0.15, -0.1) is 0 Å². The van der Waals surface area contributed by atoms with E-state index in [9.17, 15) is 8.42 Å². The van der Waals surface area contributed by atoms with E-state index in [2.05, 4.69) is 9.71 Å². The second-order valence-corrected chi connectivity index (χ2v) is 6.91. The van der Waals surface area contributed by atoms with Gasteiger partial charge in [0.1, 0.15) is 5.15 Å². The van der Waals surface area contributed by atoms with E-state index in [0.29, 0.717) is 5.69 Å². The topological polar surface area (TPSA) is 59.1 Å². The van der Waals surface area contributed by atoms with Crippen LogP contribution in [0.1, 0.15) is 20.8 Å². The van der Waals surface area contributed by atoms with Crippen LogP contribution < -0.4 is 4.72 Å². The molecular formula is C9H13ClN2O2S. The predicted octanol–water partition coefficient (Wildman–Crippen LogP) is 2.28. The van der Waals surface area contributed by atoms with Crippen molar-refractivity contribution in [3.8, 4) is 0 Å². The molecule has 15 heavy (non-hydrogen) atoms. The van der Waals surface area contributed by atoms with Crippen molar-refractivity contribution in [1.29, 1.82) is 0 Å². The molecule has 0 aliphatic carbocycles. The molecule has 1 N–H and O–H groups in total. The van der Waals surface area contributed by atoms with Crippen LogP contribution in [-0.4, -0.2) is 18.1 Å². The monoisotopic (exact) mass is 248 g/mol. The maximum absolute atomic E-state index is 11.8. The number of hydrogen-bond donors (Lipinski definition) is 1. The Morgan fingerprint density at radius 3 is 2.47 bits per heavy atom. The highest BCUT2D eigenvalue weighted by Crippen LogP contribution is 2.20. The van der Waals surface area contributed by atoms with Gasteiger partial charge in [0.05, 0.1) is 10.4 Å². The third kappa shape index (κ3) is 3.07. The average molecular weight is 249 g/mol. The molecule has 0 amide bonds. The van der Waals surface area contributed by atoms with Gasteiger partial charge in [0, 0.05) is 6.20 Å². The van der Waals surface area contributed by atoms with Gasteiger partial charge in [-0.2, -0.15) is 0 Å². The zero-order chi connectivity index (χ0) is 11.7. The van der Waals surface area contributed by atoms with Gasteiger partial charge >= 0.3 is 0 Å². The molecule has 0 aromatic carbocycles. The molecular weight excluding hydrogens is 236 g/mol. The van der Waals surface area contributed by atoms with Crippen molar-refractivity contribution >= 4 is 27.3 Å². The first kappa shape index (κ1) is 12.3. The van der Waals surface area contributed by atoms with Crippen LogP contribution in [0.3, 0.4) is 0 Å². The predicted molar refractivity (Wildman–Crippen MR) is 61.5 cm³/mol. The van der Waals surface area contributed by atoms with E-state index in [0.717, 1.165) is 0 Å². The number of aromatic nitrogens is 1. The lowest BCUT2D eigenvalue weighted by Gasteiger charge is -2.20. The van der Waals surface area contributed by atoms with Crippen molar-refractivity contribution in [1.82, 2.24) is 4.98 Å². The summed E-state index contributed by atoms with van der Waals surface area (Å²) in [6.45, 7) is 4.87. The highest BCUT2D eigenvalue weighted by molar-refractivity contribution is 7.94. The lowest BCUT2D eigenvalue weighted by atomic mass is 10.3. The van der Waals surface area contributed by atoms with Crippen LogP contribution in [0.15, 0.2) is 18.3 Å². The van der Waals surface area contributed by atoms with Gasteiger partial charge in [-0.25, -0.2) is 13.4 Å². The van der Waals surface area contributed by atoms with Crippen molar-refractivity contribution in [3.05, 3.63) is 23.5 Å². The summed E-state index contributed by atoms with van der Waals surface area (Å²) >= 11 is 5.64. The Morgan fingerprint density at radius 2 is 2.00 bits per heavy atom. The third-order valence-electron chi connectivity index (χ3n) is 1.78. The largest absolute Gasteiger partial charge is 0.283 e. The normalized spacial score (nSPS) is 12.5. The van der Waals surface area contributed by atoms with E-state index >= 15 is 0 Å². The molecule has 0 aliphatic heterocycles. The number of anilines is 1. The van der Waals surface area contributed by atoms with E-state index in [-0.39, 0.29) is 5.15 Å². The molecule has 0 bridgehead atoms. The van der Waals surface area contributed by atoms with Gasteiger partial charge in [0.15, 0.2) is 0 Å². The van der Waals surface area contributed by atoms with Crippen molar-refractivity contribution in [2.24, 2.45) is 0 Å². The summed E-state index contributed by atoms with van der Waals surface area (Å²) in [5.41, 5.74) is 0.421. The Morgan fingerprint density at radius 1 is 1.40 bits per heavy atom. The molecule has 0 aliphatic rings. The Balaban J connectivity index is 2.98. The van der Waals surface area contributed by atoms with Crippen molar-refractivity contribution in [3.63, 3.8) is 0 Å². The maximum Gasteiger partial charge on any atom is 0.237 e. The van der Waals surface area contributed by atoms with E-state index in [1.165, 1.54) is 12.3 Å². The molecule has 4 nitrogen and oxygen atoms in total. The summed E-state index contributed by atoms with van der Waals surface area (Å²) in [5.74, 6) is 0. The SMILES string of the molecule is CC(C)(C)S(=O)(=O)Nc1ccnc(Cl)c1. The van der Waals surface area contributed by atoms with Crippen LogP contribution in [0, 0.1) is 0 Å². The molecule has 0 radical (unpaired) electrons. The molecule has 1 rings (SSSR count). The standard InChI is InChI=1S/C9H13ClN2O2S/c1-9(2,3)15(13,14)12-7-4-5-11-8(10)6-7/h4-6H,1-3H3,(H,11,12). The fraction of sp³-hybridized carbons (Fsp3) is 0.444. The van der Waals surface area contributed by atoms with Crippen LogP contribution >= 0.6 is 11.6 Å². The van der Waals surface area contributed by atoms with Crippen molar-refractivity contribution in [2.45, 2.75) is 25.5 Å². The molecule has 1 aromatic rings. The maximum atomic E-state index is 11.8. The van der Waals surface area contributed by atoms with Gasteiger partial charge < -0.3 is 0 Å². The Bertz CT molecular complexity index is 451. The molecule has 0 saturated carbocycles. The summed E-state index contributed by atoms with van der Waals surface area (Å²) in [6.07, 6.45) is 1.45. The van der Waals surface area contributed by atoms with E-state index in [1.54, 1.807) is 26.8 Å². The van der Waals surface area contributed by atoms with Crippen LogP contribution in [0.2, 0.25) is 5.15 Å². The zero-order valence-corrected chi connectivity index (χ0v) is 10.4. The van der Waals surface area contributed by atoms with Crippen molar-refractivity contribution in [2.75, 3.05) is 4.72 Å². The first-order chi connectivity index (χ1) is 6.72. The van der Waals surface area contributed by atoms with E-state index < -0.39 is 14.8 Å². The highest BCUT2D eigenvalue weighted by Gasteiger charge is 2.28. The lowest BCUT2D eigenvalue weighted by molar-refractivity contribution is 0.566. The minimum Gasteiger partial charge on any atom is -0.283 e. The summed E-state index contributed by atoms with van der Waals surface area (Å²) in [4.78, 5) is 3.76. The van der Waals surface area contributed by atoms with Crippen molar-refractivity contribution < 1.29 is 8.42 Å². The first-order valence-corrected chi connectivity index (χ1v) is 6.22. The molecule has 1 aromatic heterocycles. The number of pyridine rings is 1. The lowest BCUT2D eigenvalue weighted by Crippen LogP contribution is -2.33. The van der Waals surface area contributed by atoms with Gasteiger partial charge in [0.25, 0.3) is 0 Å². The third-order valence-corrected chi connectivity index (χ3v) is 4.11. The van der Waals surface area contributed by atoms with Crippen LogP contribution in [-0.2, 0) is 10.0 Å². The number of nitrogens with zero attached hydrogens (tertiary/aromatic N) is 1. The molecule has 0 spiro atoms. The Labute approximate surface area is 94.7 Å². The minimum absolute atomic E-state index is 0.254. The fourth-order valence-electron chi connectivity index (χ4n) is 0.774. The average Bonchev–Trinajstić information content (AvgIpc) is 2.00. The van der Waals surface area contributed by atoms with Crippen LogP contribution in [0.5, 0.6) is 0 Å². The summed E-state index contributed by atoms with van der Waals surface area (Å²) in [6, 6.07) is 3.01. The number of rotatable bonds is 2. The molecule has 0 saturated heterocycles. The number of halogens is 1. The van der Waals surface area contributed by atoms with Crippen LogP contribution in [0.25, 0.3) is 0 Å². The smallest absolute Gasteiger partial charge is 0.237 e. The minimum atomic E-state index is -3.40. The quantitative estimate of drug-likeness (QED) is 0.817. The number of sulfonamides is 1. The summed E-state index contributed by atoms with van der Waals surface area (Å²) in [5, 5.41) is 0.254. The molecule has 0 unspecified atom stereocenters. The molecule has 0 fully saturated rings. The number of hydrogen-bond acceptors (Lipinski definition) is 3. The zero-order valence-electron chi connectivity index (χ0n) is 8.78. The van der Waals surface area contributed by atoms with E-state index in [4.69, 9.17) is 11.6 Å². The van der Waals surface area contributed by atoms with Gasteiger partial charge in [-0.1, -0.05) is 11.6 Å². The number of nitrogens with one attached hydrogen (secondary N) is 1. The fourth-order valence-corrected chi connectivity index (χ4v) is 1.69. The molecule has 6 heteroatoms. The highest BCUT2D eigenvalue weighted by atomic mass is 35.5. The Hall–Kier alpha value is -0.810. The van der Waals surface area contributed by atoms with Gasteiger partial charge in [-0.05, 0) is 32.9 Å². The van der Waals surface area contributed by atoms with Crippen LogP contribution in [0.4, 0.5) is 5.69 Å². The van der Waals surface area contributed by atoms with E-state index in [1.807, 2.05) is 0 Å². The summed E-state index contributed by atoms with van der Waals surface area (Å²) < 4.78 is 25.1.